The van der Waals surface area contributed by atoms with Gasteiger partial charge in [0.1, 0.15) is 5.56 Å². The van der Waals surface area contributed by atoms with E-state index in [4.69, 9.17) is 11.6 Å². The molecule has 0 spiro atoms. The normalized spacial score (nSPS) is 10.2. The van der Waals surface area contributed by atoms with Gasteiger partial charge >= 0.3 is 0 Å². The Labute approximate surface area is 124 Å². The Morgan fingerprint density at radius 3 is 2.84 bits per heavy atom. The van der Waals surface area contributed by atoms with Crippen molar-refractivity contribution in [2.24, 2.45) is 0 Å². The summed E-state index contributed by atoms with van der Waals surface area (Å²) in [6.07, 6.45) is 1.52. The standard InChI is InChI=1S/C10H5BrClN3O3S/c11-8-4-13-10(19-8)14-9(16)6-2-1-5(12)3-7(6)15(17)18/h1-4H,(H,13,14,16). The topological polar surface area (TPSA) is 85.1 Å². The Hall–Kier alpha value is -1.51. The monoisotopic (exact) mass is 361 g/mol. The molecule has 0 fully saturated rings. The Kier molecular flexibility index (Phi) is 4.13. The third-order valence-electron chi connectivity index (χ3n) is 2.10. The van der Waals surface area contributed by atoms with Crippen LogP contribution in [0.25, 0.3) is 0 Å². The maximum absolute atomic E-state index is 12.0. The van der Waals surface area contributed by atoms with Crippen LogP contribution in [0.1, 0.15) is 10.4 Å². The highest BCUT2D eigenvalue weighted by atomic mass is 79.9. The van der Waals surface area contributed by atoms with Crippen LogP contribution < -0.4 is 5.32 Å². The number of benzene rings is 1. The zero-order chi connectivity index (χ0) is 14.0. The summed E-state index contributed by atoms with van der Waals surface area (Å²) in [5.41, 5.74) is -0.415. The fraction of sp³-hybridized carbons (Fsp3) is 0. The number of halogens is 2. The van der Waals surface area contributed by atoms with Gasteiger partial charge in [-0.25, -0.2) is 4.98 Å². The lowest BCUT2D eigenvalue weighted by molar-refractivity contribution is -0.385. The number of thiazole rings is 1. The molecule has 0 aliphatic carbocycles. The number of anilines is 1. The summed E-state index contributed by atoms with van der Waals surface area (Å²) in [6.45, 7) is 0. The molecule has 19 heavy (non-hydrogen) atoms. The van der Waals surface area contributed by atoms with Crippen molar-refractivity contribution in [2.45, 2.75) is 0 Å². The van der Waals surface area contributed by atoms with Crippen molar-refractivity contribution in [1.29, 1.82) is 0 Å². The zero-order valence-electron chi connectivity index (χ0n) is 9.09. The summed E-state index contributed by atoms with van der Waals surface area (Å²) in [7, 11) is 0. The number of carbonyl (C=O) groups excluding carboxylic acids is 1. The molecular weight excluding hydrogens is 358 g/mol. The van der Waals surface area contributed by atoms with Crippen LogP contribution in [0.3, 0.4) is 0 Å². The third kappa shape index (κ3) is 3.28. The Bertz CT molecular complexity index is 661. The van der Waals surface area contributed by atoms with E-state index >= 15 is 0 Å². The van der Waals surface area contributed by atoms with Gasteiger partial charge in [0.25, 0.3) is 11.6 Å². The SMILES string of the molecule is O=C(Nc1ncc(Br)s1)c1ccc(Cl)cc1[N+](=O)[O-]. The molecule has 0 saturated carbocycles. The quantitative estimate of drug-likeness (QED) is 0.666. The first-order valence-electron chi connectivity index (χ1n) is 4.84. The van der Waals surface area contributed by atoms with E-state index < -0.39 is 10.8 Å². The third-order valence-corrected chi connectivity index (χ3v) is 3.73. The number of rotatable bonds is 3. The molecule has 2 rings (SSSR count). The smallest absolute Gasteiger partial charge is 0.283 e. The van der Waals surface area contributed by atoms with Crippen LogP contribution in [-0.4, -0.2) is 15.8 Å². The average Bonchev–Trinajstić information content (AvgIpc) is 2.74. The lowest BCUT2D eigenvalue weighted by Gasteiger charge is -2.03. The molecule has 9 heteroatoms. The van der Waals surface area contributed by atoms with Crippen LogP contribution in [0.2, 0.25) is 5.02 Å². The first-order chi connectivity index (χ1) is 8.97. The second-order valence-electron chi connectivity index (χ2n) is 3.34. The molecule has 0 bridgehead atoms. The second kappa shape index (κ2) is 5.64. The van der Waals surface area contributed by atoms with Crippen molar-refractivity contribution >= 4 is 55.6 Å². The molecule has 1 aromatic heterocycles. The number of nitrogens with zero attached hydrogens (tertiary/aromatic N) is 2. The van der Waals surface area contributed by atoms with E-state index in [0.29, 0.717) is 5.13 Å². The highest BCUT2D eigenvalue weighted by Crippen LogP contribution is 2.26. The number of amides is 1. The number of nitro benzene ring substituents is 1. The second-order valence-corrected chi connectivity index (χ2v) is 6.19. The van der Waals surface area contributed by atoms with Crippen molar-refractivity contribution in [3.63, 3.8) is 0 Å². The van der Waals surface area contributed by atoms with E-state index in [9.17, 15) is 14.9 Å². The van der Waals surface area contributed by atoms with Crippen LogP contribution in [0, 0.1) is 10.1 Å². The summed E-state index contributed by atoms with van der Waals surface area (Å²) in [4.78, 5) is 26.1. The number of carbonyl (C=O) groups is 1. The van der Waals surface area contributed by atoms with Crippen LogP contribution in [0.5, 0.6) is 0 Å². The molecule has 6 nitrogen and oxygen atoms in total. The van der Waals surface area contributed by atoms with Crippen molar-refractivity contribution in [2.75, 3.05) is 5.32 Å². The van der Waals surface area contributed by atoms with Gasteiger partial charge in [-0.15, -0.1) is 0 Å². The molecule has 2 aromatic rings. The van der Waals surface area contributed by atoms with Gasteiger partial charge < -0.3 is 0 Å². The highest BCUT2D eigenvalue weighted by molar-refractivity contribution is 9.11. The molecular formula is C10H5BrClN3O3S. The first kappa shape index (κ1) is 13.9. The summed E-state index contributed by atoms with van der Waals surface area (Å²) >= 11 is 10.1. The fourth-order valence-electron chi connectivity index (χ4n) is 1.32. The number of hydrogen-bond donors (Lipinski definition) is 1. The van der Waals surface area contributed by atoms with E-state index in [1.807, 2.05) is 0 Å². The number of aromatic nitrogens is 1. The molecule has 0 saturated heterocycles. The Morgan fingerprint density at radius 1 is 1.53 bits per heavy atom. The van der Waals surface area contributed by atoms with Gasteiger partial charge in [0.2, 0.25) is 0 Å². The van der Waals surface area contributed by atoms with Gasteiger partial charge in [0, 0.05) is 11.1 Å². The van der Waals surface area contributed by atoms with Crippen molar-refractivity contribution in [3.05, 3.63) is 48.9 Å². The Morgan fingerprint density at radius 2 is 2.26 bits per heavy atom. The summed E-state index contributed by atoms with van der Waals surface area (Å²) in [5, 5.41) is 13.9. The van der Waals surface area contributed by atoms with E-state index in [1.165, 1.54) is 29.7 Å². The van der Waals surface area contributed by atoms with Gasteiger partial charge in [-0.1, -0.05) is 22.9 Å². The molecule has 0 radical (unpaired) electrons. The molecule has 0 aliphatic rings. The fourth-order valence-corrected chi connectivity index (χ4v) is 2.59. The van der Waals surface area contributed by atoms with Gasteiger partial charge in [-0.05, 0) is 28.1 Å². The van der Waals surface area contributed by atoms with Crippen LogP contribution in [0.4, 0.5) is 10.8 Å². The molecule has 0 atom stereocenters. The minimum absolute atomic E-state index is 0.0688. The predicted octanol–water partition coefficient (Wildman–Crippen LogP) is 3.72. The summed E-state index contributed by atoms with van der Waals surface area (Å²) in [6, 6.07) is 3.86. The molecule has 0 aliphatic heterocycles. The highest BCUT2D eigenvalue weighted by Gasteiger charge is 2.21. The minimum Gasteiger partial charge on any atom is -0.298 e. The zero-order valence-corrected chi connectivity index (χ0v) is 12.3. The van der Waals surface area contributed by atoms with Crippen molar-refractivity contribution < 1.29 is 9.72 Å². The largest absolute Gasteiger partial charge is 0.298 e. The number of hydrogen-bond acceptors (Lipinski definition) is 5. The minimum atomic E-state index is -0.654. The first-order valence-corrected chi connectivity index (χ1v) is 6.83. The van der Waals surface area contributed by atoms with E-state index in [0.717, 1.165) is 9.85 Å². The van der Waals surface area contributed by atoms with E-state index in [1.54, 1.807) is 0 Å². The molecule has 1 heterocycles. The van der Waals surface area contributed by atoms with Gasteiger partial charge in [0.05, 0.1) is 14.9 Å². The van der Waals surface area contributed by atoms with E-state index in [-0.39, 0.29) is 16.3 Å². The number of nitrogens with one attached hydrogen (secondary N) is 1. The Balaban J connectivity index is 2.31. The molecule has 0 unspecified atom stereocenters. The molecule has 1 N–H and O–H groups in total. The maximum Gasteiger partial charge on any atom is 0.283 e. The van der Waals surface area contributed by atoms with Crippen LogP contribution in [-0.2, 0) is 0 Å². The number of nitro groups is 1. The average molecular weight is 363 g/mol. The lowest BCUT2D eigenvalue weighted by atomic mass is 10.1. The van der Waals surface area contributed by atoms with E-state index in [2.05, 4.69) is 26.2 Å². The van der Waals surface area contributed by atoms with Crippen molar-refractivity contribution in [3.8, 4) is 0 Å². The molecule has 98 valence electrons. The molecule has 1 amide bonds. The van der Waals surface area contributed by atoms with Gasteiger partial charge in [-0.2, -0.15) is 0 Å². The lowest BCUT2D eigenvalue weighted by Crippen LogP contribution is -2.13. The maximum atomic E-state index is 12.0. The summed E-state index contributed by atoms with van der Waals surface area (Å²) < 4.78 is 0.744. The van der Waals surface area contributed by atoms with Gasteiger partial charge in [-0.3, -0.25) is 20.2 Å². The summed E-state index contributed by atoms with van der Waals surface area (Å²) in [5.74, 6) is -0.606. The van der Waals surface area contributed by atoms with Crippen LogP contribution >= 0.6 is 38.9 Å². The van der Waals surface area contributed by atoms with Crippen LogP contribution in [0.15, 0.2) is 28.2 Å². The van der Waals surface area contributed by atoms with Gasteiger partial charge in [0.15, 0.2) is 5.13 Å². The van der Waals surface area contributed by atoms with Crippen molar-refractivity contribution in [1.82, 2.24) is 4.98 Å². The molecule has 1 aromatic carbocycles. The predicted molar refractivity (Wildman–Crippen MR) is 75.9 cm³/mol.